The summed E-state index contributed by atoms with van der Waals surface area (Å²) in [4.78, 5) is 8.35. The van der Waals surface area contributed by atoms with E-state index in [4.69, 9.17) is 0 Å². The van der Waals surface area contributed by atoms with Crippen LogP contribution in [0.2, 0.25) is 0 Å². The number of azo groups is 1. The number of rotatable bonds is 3. The molecule has 4 nitrogen and oxygen atoms in total. The lowest BCUT2D eigenvalue weighted by molar-refractivity contribution is 1.11. The van der Waals surface area contributed by atoms with Crippen molar-refractivity contribution < 1.29 is 0 Å². The predicted octanol–water partition coefficient (Wildman–Crippen LogP) is 4.56. The Balaban J connectivity index is 1.79. The summed E-state index contributed by atoms with van der Waals surface area (Å²) in [7, 11) is 0. The fraction of sp³-hybridized carbons (Fsp3) is 0. The van der Waals surface area contributed by atoms with Gasteiger partial charge in [-0.15, -0.1) is 10.2 Å². The van der Waals surface area contributed by atoms with Gasteiger partial charge in [0.15, 0.2) is 11.6 Å². The minimum atomic E-state index is 0.565. The molecular weight excluding hydrogens is 248 g/mol. The molecule has 0 radical (unpaired) electrons. The number of nitrogens with zero attached hydrogens (tertiary/aromatic N) is 4. The molecule has 4 heteroatoms. The van der Waals surface area contributed by atoms with Crippen molar-refractivity contribution >= 4 is 11.6 Å². The Labute approximate surface area is 116 Å². The summed E-state index contributed by atoms with van der Waals surface area (Å²) in [5.74, 6) is 1.14. The maximum absolute atomic E-state index is 4.28. The summed E-state index contributed by atoms with van der Waals surface area (Å²) >= 11 is 0. The van der Waals surface area contributed by atoms with Crippen LogP contribution in [0.3, 0.4) is 0 Å². The van der Waals surface area contributed by atoms with Crippen molar-refractivity contribution in [3.63, 3.8) is 0 Å². The Bertz CT molecular complexity index is 692. The van der Waals surface area contributed by atoms with Gasteiger partial charge in [0.2, 0.25) is 0 Å². The molecule has 0 atom stereocenters. The molecule has 0 aliphatic carbocycles. The van der Waals surface area contributed by atoms with E-state index in [-0.39, 0.29) is 0 Å². The third kappa shape index (κ3) is 2.92. The molecule has 96 valence electrons. The highest BCUT2D eigenvalue weighted by molar-refractivity contribution is 5.63. The molecule has 3 rings (SSSR count). The fourth-order valence-electron chi connectivity index (χ4n) is 1.76. The molecule has 0 amide bonds. The van der Waals surface area contributed by atoms with Gasteiger partial charge in [0.05, 0.1) is 0 Å². The second-order valence-electron chi connectivity index (χ2n) is 4.16. The first-order valence-corrected chi connectivity index (χ1v) is 6.26. The number of pyridine rings is 2. The van der Waals surface area contributed by atoms with E-state index in [0.717, 1.165) is 11.1 Å². The predicted molar refractivity (Wildman–Crippen MR) is 78.1 cm³/mol. The molecule has 0 fully saturated rings. The first-order chi connectivity index (χ1) is 9.92. The Hall–Kier alpha value is -2.88. The molecule has 0 saturated heterocycles. The van der Waals surface area contributed by atoms with Gasteiger partial charge in [-0.2, -0.15) is 0 Å². The van der Waals surface area contributed by atoms with Crippen molar-refractivity contribution in [2.75, 3.05) is 0 Å². The molecule has 2 aromatic heterocycles. The third-order valence-electron chi connectivity index (χ3n) is 2.76. The zero-order valence-electron chi connectivity index (χ0n) is 10.7. The summed E-state index contributed by atoms with van der Waals surface area (Å²) in [5, 5.41) is 8.09. The first-order valence-electron chi connectivity index (χ1n) is 6.26. The Morgan fingerprint density at radius 3 is 2.00 bits per heavy atom. The van der Waals surface area contributed by atoms with Gasteiger partial charge >= 0.3 is 0 Å². The number of aromatic nitrogens is 2. The van der Waals surface area contributed by atoms with Crippen LogP contribution in [0.25, 0.3) is 11.1 Å². The van der Waals surface area contributed by atoms with E-state index >= 15 is 0 Å². The summed E-state index contributed by atoms with van der Waals surface area (Å²) in [6.45, 7) is 0. The molecule has 0 bridgehead atoms. The largest absolute Gasteiger partial charge is 0.236 e. The van der Waals surface area contributed by atoms with Crippen LogP contribution in [0.15, 0.2) is 83.3 Å². The zero-order chi connectivity index (χ0) is 13.6. The smallest absolute Gasteiger partial charge is 0.174 e. The van der Waals surface area contributed by atoms with Crippen molar-refractivity contribution in [1.29, 1.82) is 0 Å². The van der Waals surface area contributed by atoms with Gasteiger partial charge < -0.3 is 0 Å². The van der Waals surface area contributed by atoms with Crippen molar-refractivity contribution in [2.45, 2.75) is 0 Å². The lowest BCUT2D eigenvalue weighted by Gasteiger charge is -2.00. The van der Waals surface area contributed by atoms with E-state index in [1.807, 2.05) is 54.6 Å². The van der Waals surface area contributed by atoms with Crippen LogP contribution < -0.4 is 0 Å². The van der Waals surface area contributed by atoms with Gasteiger partial charge in [0.1, 0.15) is 0 Å². The van der Waals surface area contributed by atoms with Crippen LogP contribution in [-0.4, -0.2) is 9.97 Å². The summed E-state index contributed by atoms with van der Waals surface area (Å²) < 4.78 is 0. The zero-order valence-corrected chi connectivity index (χ0v) is 10.7. The van der Waals surface area contributed by atoms with Crippen molar-refractivity contribution in [2.24, 2.45) is 10.2 Å². The standard InChI is InChI=1S/C16H12N4/c1-2-6-13(7-3-1)14-9-10-16(18-12-14)20-19-15-8-4-5-11-17-15/h1-12H. The fourth-order valence-corrected chi connectivity index (χ4v) is 1.76. The molecule has 0 unspecified atom stereocenters. The van der Waals surface area contributed by atoms with E-state index in [1.54, 1.807) is 18.5 Å². The summed E-state index contributed by atoms with van der Waals surface area (Å²) in [5.41, 5.74) is 2.19. The highest BCUT2D eigenvalue weighted by Crippen LogP contribution is 2.20. The average molecular weight is 260 g/mol. The van der Waals surface area contributed by atoms with E-state index in [0.29, 0.717) is 11.6 Å². The second-order valence-corrected chi connectivity index (χ2v) is 4.16. The maximum Gasteiger partial charge on any atom is 0.174 e. The maximum atomic E-state index is 4.28. The molecule has 0 aliphatic rings. The number of benzene rings is 1. The van der Waals surface area contributed by atoms with Gasteiger partial charge in [0.25, 0.3) is 0 Å². The first kappa shape index (κ1) is 12.2. The van der Waals surface area contributed by atoms with E-state index < -0.39 is 0 Å². The minimum Gasteiger partial charge on any atom is -0.236 e. The molecule has 0 N–H and O–H groups in total. The number of hydrogen-bond acceptors (Lipinski definition) is 4. The molecule has 0 aliphatic heterocycles. The van der Waals surface area contributed by atoms with Gasteiger partial charge in [-0.1, -0.05) is 36.4 Å². The van der Waals surface area contributed by atoms with Crippen LogP contribution in [0.1, 0.15) is 0 Å². The van der Waals surface area contributed by atoms with E-state index in [1.165, 1.54) is 0 Å². The van der Waals surface area contributed by atoms with Gasteiger partial charge in [0, 0.05) is 18.0 Å². The van der Waals surface area contributed by atoms with Crippen LogP contribution in [0.5, 0.6) is 0 Å². The molecule has 3 aromatic rings. The van der Waals surface area contributed by atoms with Gasteiger partial charge in [-0.25, -0.2) is 9.97 Å². The van der Waals surface area contributed by atoms with Gasteiger partial charge in [-0.05, 0) is 29.8 Å². The van der Waals surface area contributed by atoms with Gasteiger partial charge in [-0.3, -0.25) is 0 Å². The lowest BCUT2D eigenvalue weighted by Crippen LogP contribution is -1.79. The van der Waals surface area contributed by atoms with E-state index in [2.05, 4.69) is 20.2 Å². The van der Waals surface area contributed by atoms with Crippen LogP contribution in [-0.2, 0) is 0 Å². The molecule has 0 spiro atoms. The molecular formula is C16H12N4. The van der Waals surface area contributed by atoms with E-state index in [9.17, 15) is 0 Å². The van der Waals surface area contributed by atoms with Crippen LogP contribution in [0, 0.1) is 0 Å². The highest BCUT2D eigenvalue weighted by atomic mass is 15.2. The van der Waals surface area contributed by atoms with Crippen molar-refractivity contribution in [3.8, 4) is 11.1 Å². The minimum absolute atomic E-state index is 0.565. The number of hydrogen-bond donors (Lipinski definition) is 0. The highest BCUT2D eigenvalue weighted by Gasteiger charge is 1.97. The quantitative estimate of drug-likeness (QED) is 0.648. The molecule has 0 saturated carbocycles. The van der Waals surface area contributed by atoms with Crippen molar-refractivity contribution in [3.05, 3.63) is 73.1 Å². The van der Waals surface area contributed by atoms with Crippen LogP contribution >= 0.6 is 0 Å². The SMILES string of the molecule is c1ccc(-c2ccc(N=Nc3ccccn3)nc2)cc1. The Kier molecular flexibility index (Phi) is 3.55. The average Bonchev–Trinajstić information content (AvgIpc) is 2.55. The summed E-state index contributed by atoms with van der Waals surface area (Å²) in [6.07, 6.45) is 3.47. The third-order valence-corrected chi connectivity index (χ3v) is 2.76. The monoisotopic (exact) mass is 260 g/mol. The Morgan fingerprint density at radius 1 is 0.600 bits per heavy atom. The molecule has 2 heterocycles. The van der Waals surface area contributed by atoms with Crippen LogP contribution in [0.4, 0.5) is 11.6 Å². The lowest BCUT2D eigenvalue weighted by atomic mass is 10.1. The second kappa shape index (κ2) is 5.84. The molecule has 1 aromatic carbocycles. The Morgan fingerprint density at radius 2 is 1.35 bits per heavy atom. The normalized spacial score (nSPS) is 10.8. The molecule has 20 heavy (non-hydrogen) atoms. The van der Waals surface area contributed by atoms with Crippen molar-refractivity contribution in [1.82, 2.24) is 9.97 Å². The summed E-state index contributed by atoms with van der Waals surface area (Å²) in [6, 6.07) is 19.4. The topological polar surface area (TPSA) is 50.5 Å².